The normalized spacial score (nSPS) is 15.8. The lowest BCUT2D eigenvalue weighted by atomic mass is 10.0. The largest absolute Gasteiger partial charge is 0.322 e. The molecule has 0 spiro atoms. The Morgan fingerprint density at radius 2 is 1.66 bits per heavy atom. The van der Waals surface area contributed by atoms with Crippen LogP contribution < -0.4 is 10.2 Å². The van der Waals surface area contributed by atoms with Gasteiger partial charge in [0.25, 0.3) is 11.8 Å². The molecule has 1 unspecified atom stereocenters. The Labute approximate surface area is 193 Å². The third-order valence-corrected chi connectivity index (χ3v) is 6.24. The molecule has 0 radical (unpaired) electrons. The number of anilines is 2. The summed E-state index contributed by atoms with van der Waals surface area (Å²) in [6, 6.07) is 22.4. The Hall–Kier alpha value is -3.15. The molecule has 1 aliphatic rings. The van der Waals surface area contributed by atoms with Gasteiger partial charge in [0.15, 0.2) is 0 Å². The van der Waals surface area contributed by atoms with Crippen LogP contribution in [0.15, 0.2) is 72.8 Å². The first-order valence-electron chi connectivity index (χ1n) is 10.7. The van der Waals surface area contributed by atoms with E-state index in [0.29, 0.717) is 34.4 Å². The van der Waals surface area contributed by atoms with Crippen molar-refractivity contribution < 1.29 is 9.59 Å². The second-order valence-electron chi connectivity index (χ2n) is 8.21. The fourth-order valence-electron chi connectivity index (χ4n) is 4.05. The zero-order chi connectivity index (χ0) is 22.7. The molecule has 0 saturated heterocycles. The van der Waals surface area contributed by atoms with Crippen molar-refractivity contribution in [3.8, 4) is 0 Å². The Morgan fingerprint density at radius 3 is 2.38 bits per heavy atom. The average Bonchev–Trinajstić information content (AvgIpc) is 2.99. The number of rotatable bonds is 4. The topological polar surface area (TPSA) is 52.6 Å². The van der Waals surface area contributed by atoms with Crippen molar-refractivity contribution in [2.75, 3.05) is 30.9 Å². The number of hydrogen-bond acceptors (Lipinski definition) is 3. The minimum Gasteiger partial charge on any atom is -0.322 e. The monoisotopic (exact) mass is 447 g/mol. The standard InChI is InChI=1S/C26H26ClN3O2/c1-29(2)21-15-16-30(24-10-6-3-7-19(24)17-21)26(32)18-11-13-20(14-12-18)28-25(31)22-8-4-5-9-23(22)27/h3-14,21H,15-17H2,1-2H3,(H,28,31). The molecule has 5 nitrogen and oxygen atoms in total. The molecule has 164 valence electrons. The van der Waals surface area contributed by atoms with Crippen LogP contribution in [0.4, 0.5) is 11.4 Å². The molecule has 1 atom stereocenters. The van der Waals surface area contributed by atoms with E-state index in [1.54, 1.807) is 48.5 Å². The summed E-state index contributed by atoms with van der Waals surface area (Å²) < 4.78 is 0. The lowest BCUT2D eigenvalue weighted by molar-refractivity contribution is 0.0984. The van der Waals surface area contributed by atoms with E-state index in [1.165, 1.54) is 5.56 Å². The number of benzene rings is 3. The van der Waals surface area contributed by atoms with Crippen LogP contribution in [0.2, 0.25) is 5.02 Å². The van der Waals surface area contributed by atoms with Crippen LogP contribution in [0.3, 0.4) is 0 Å². The molecule has 4 rings (SSSR count). The summed E-state index contributed by atoms with van der Waals surface area (Å²) >= 11 is 6.11. The number of fused-ring (bicyclic) bond motifs is 1. The first kappa shape index (κ1) is 22.1. The Morgan fingerprint density at radius 1 is 0.969 bits per heavy atom. The van der Waals surface area contributed by atoms with Gasteiger partial charge in [0.2, 0.25) is 0 Å². The van der Waals surface area contributed by atoms with Crippen molar-refractivity contribution in [1.82, 2.24) is 4.90 Å². The van der Waals surface area contributed by atoms with Crippen molar-refractivity contribution in [3.05, 3.63) is 94.5 Å². The van der Waals surface area contributed by atoms with E-state index in [4.69, 9.17) is 11.6 Å². The molecule has 2 amide bonds. The molecule has 0 fully saturated rings. The molecule has 3 aromatic rings. The lowest BCUT2D eigenvalue weighted by Gasteiger charge is -2.24. The number of amides is 2. The Kier molecular flexibility index (Phi) is 6.58. The number of halogens is 1. The zero-order valence-electron chi connectivity index (χ0n) is 18.2. The van der Waals surface area contributed by atoms with E-state index in [0.717, 1.165) is 18.5 Å². The maximum absolute atomic E-state index is 13.4. The first-order chi connectivity index (χ1) is 15.4. The molecule has 32 heavy (non-hydrogen) atoms. The van der Waals surface area contributed by atoms with Gasteiger partial charge >= 0.3 is 0 Å². The van der Waals surface area contributed by atoms with Crippen LogP contribution in [0.5, 0.6) is 0 Å². The van der Waals surface area contributed by atoms with Gasteiger partial charge in [-0.3, -0.25) is 9.59 Å². The molecule has 1 aliphatic heterocycles. The van der Waals surface area contributed by atoms with E-state index in [9.17, 15) is 9.59 Å². The SMILES string of the molecule is CN(C)C1CCN(C(=O)c2ccc(NC(=O)c3ccccc3Cl)cc2)c2ccccc2C1. The van der Waals surface area contributed by atoms with Crippen LogP contribution >= 0.6 is 11.6 Å². The third-order valence-electron chi connectivity index (χ3n) is 5.91. The molecule has 3 aromatic carbocycles. The van der Waals surface area contributed by atoms with E-state index >= 15 is 0 Å². The van der Waals surface area contributed by atoms with E-state index in [1.807, 2.05) is 23.1 Å². The second kappa shape index (κ2) is 9.55. The molecule has 0 aromatic heterocycles. The molecule has 6 heteroatoms. The highest BCUT2D eigenvalue weighted by atomic mass is 35.5. The number of nitrogens with one attached hydrogen (secondary N) is 1. The molecular formula is C26H26ClN3O2. The van der Waals surface area contributed by atoms with Crippen molar-refractivity contribution >= 4 is 34.8 Å². The van der Waals surface area contributed by atoms with Gasteiger partial charge in [-0.1, -0.05) is 41.9 Å². The summed E-state index contributed by atoms with van der Waals surface area (Å²) in [5, 5.41) is 3.23. The minimum atomic E-state index is -0.286. The van der Waals surface area contributed by atoms with Crippen LogP contribution in [-0.4, -0.2) is 43.4 Å². The van der Waals surface area contributed by atoms with Crippen molar-refractivity contribution in [2.45, 2.75) is 18.9 Å². The predicted molar refractivity (Wildman–Crippen MR) is 130 cm³/mol. The van der Waals surface area contributed by atoms with Gasteiger partial charge < -0.3 is 15.1 Å². The molecule has 0 saturated carbocycles. The van der Waals surface area contributed by atoms with Crippen molar-refractivity contribution in [2.24, 2.45) is 0 Å². The number of hydrogen-bond donors (Lipinski definition) is 1. The quantitative estimate of drug-likeness (QED) is 0.604. The van der Waals surface area contributed by atoms with Crippen LogP contribution in [0.1, 0.15) is 32.7 Å². The number of nitrogens with zero attached hydrogens (tertiary/aromatic N) is 2. The first-order valence-corrected chi connectivity index (χ1v) is 11.0. The Balaban J connectivity index is 1.52. The Bertz CT molecular complexity index is 1130. The van der Waals surface area contributed by atoms with E-state index in [2.05, 4.69) is 30.4 Å². The fourth-order valence-corrected chi connectivity index (χ4v) is 4.27. The minimum absolute atomic E-state index is 0.0409. The molecule has 0 bridgehead atoms. The molecule has 1 N–H and O–H groups in total. The summed E-state index contributed by atoms with van der Waals surface area (Å²) in [6.07, 6.45) is 1.82. The van der Waals surface area contributed by atoms with E-state index in [-0.39, 0.29) is 11.8 Å². The summed E-state index contributed by atoms with van der Waals surface area (Å²) in [6.45, 7) is 0.656. The smallest absolute Gasteiger partial charge is 0.258 e. The van der Waals surface area contributed by atoms with Gasteiger partial charge in [-0.15, -0.1) is 0 Å². The average molecular weight is 448 g/mol. The van der Waals surface area contributed by atoms with Crippen molar-refractivity contribution in [3.63, 3.8) is 0 Å². The van der Waals surface area contributed by atoms with Gasteiger partial charge in [-0.05, 0) is 75.0 Å². The van der Waals surface area contributed by atoms with E-state index < -0.39 is 0 Å². The predicted octanol–water partition coefficient (Wildman–Crippen LogP) is 5.12. The number of carbonyl (C=O) groups excluding carboxylic acids is 2. The van der Waals surface area contributed by atoms with Crippen LogP contribution in [-0.2, 0) is 6.42 Å². The maximum Gasteiger partial charge on any atom is 0.258 e. The second-order valence-corrected chi connectivity index (χ2v) is 8.61. The number of para-hydroxylation sites is 1. The highest BCUT2D eigenvalue weighted by molar-refractivity contribution is 6.34. The fraction of sp³-hybridized carbons (Fsp3) is 0.231. The summed E-state index contributed by atoms with van der Waals surface area (Å²) in [5.41, 5.74) is 3.75. The maximum atomic E-state index is 13.4. The van der Waals surface area contributed by atoms with Crippen LogP contribution in [0, 0.1) is 0 Å². The highest BCUT2D eigenvalue weighted by Crippen LogP contribution is 2.29. The molecule has 0 aliphatic carbocycles. The third kappa shape index (κ3) is 4.69. The number of likely N-dealkylation sites (N-methyl/N-ethyl adjacent to an activating group) is 1. The highest BCUT2D eigenvalue weighted by Gasteiger charge is 2.26. The van der Waals surface area contributed by atoms with Gasteiger partial charge in [-0.2, -0.15) is 0 Å². The summed E-state index contributed by atoms with van der Waals surface area (Å²) in [4.78, 5) is 30.0. The van der Waals surface area contributed by atoms with Gasteiger partial charge in [0.1, 0.15) is 0 Å². The zero-order valence-corrected chi connectivity index (χ0v) is 19.0. The van der Waals surface area contributed by atoms with Crippen molar-refractivity contribution in [1.29, 1.82) is 0 Å². The van der Waals surface area contributed by atoms with Gasteiger partial charge in [0.05, 0.1) is 10.6 Å². The van der Waals surface area contributed by atoms with Crippen LogP contribution in [0.25, 0.3) is 0 Å². The lowest BCUT2D eigenvalue weighted by Crippen LogP contribution is -2.35. The summed E-state index contributed by atoms with van der Waals surface area (Å²) in [7, 11) is 4.17. The molecule has 1 heterocycles. The summed E-state index contributed by atoms with van der Waals surface area (Å²) in [5.74, 6) is -0.327. The van der Waals surface area contributed by atoms with Gasteiger partial charge in [-0.25, -0.2) is 0 Å². The number of carbonyl (C=O) groups is 2. The molecular weight excluding hydrogens is 422 g/mol. The van der Waals surface area contributed by atoms with Gasteiger partial charge in [0, 0.05) is 29.5 Å².